The summed E-state index contributed by atoms with van der Waals surface area (Å²) >= 11 is 0. The summed E-state index contributed by atoms with van der Waals surface area (Å²) in [4.78, 5) is 4.24. The van der Waals surface area contributed by atoms with Crippen molar-refractivity contribution in [3.05, 3.63) is 48.0 Å². The fourth-order valence-corrected chi connectivity index (χ4v) is 2.03. The Kier molecular flexibility index (Phi) is 3.77. The third-order valence-corrected chi connectivity index (χ3v) is 3.03. The SMILES string of the molecule is CCCn1ncnc1CC(C)(O)c1ccccc1. The molecule has 2 rings (SSSR count). The van der Waals surface area contributed by atoms with Gasteiger partial charge in [0.1, 0.15) is 12.2 Å². The lowest BCUT2D eigenvalue weighted by molar-refractivity contribution is 0.0542. The molecule has 0 fully saturated rings. The zero-order valence-electron chi connectivity index (χ0n) is 10.9. The maximum Gasteiger partial charge on any atom is 0.138 e. The van der Waals surface area contributed by atoms with Crippen LogP contribution in [0.1, 0.15) is 31.7 Å². The van der Waals surface area contributed by atoms with Crippen molar-refractivity contribution in [2.24, 2.45) is 0 Å². The van der Waals surface area contributed by atoms with Crippen LogP contribution in [-0.4, -0.2) is 19.9 Å². The Balaban J connectivity index is 2.19. The van der Waals surface area contributed by atoms with Crippen molar-refractivity contribution in [3.63, 3.8) is 0 Å². The molecule has 1 N–H and O–H groups in total. The Bertz CT molecular complexity index is 491. The summed E-state index contributed by atoms with van der Waals surface area (Å²) in [6.45, 7) is 4.74. The minimum absolute atomic E-state index is 0.469. The lowest BCUT2D eigenvalue weighted by Crippen LogP contribution is -2.26. The molecule has 0 saturated heterocycles. The summed E-state index contributed by atoms with van der Waals surface area (Å²) < 4.78 is 1.86. The lowest BCUT2D eigenvalue weighted by Gasteiger charge is -2.23. The van der Waals surface area contributed by atoms with Gasteiger partial charge < -0.3 is 5.11 Å². The molecule has 1 heterocycles. The van der Waals surface area contributed by atoms with Gasteiger partial charge in [-0.2, -0.15) is 5.10 Å². The summed E-state index contributed by atoms with van der Waals surface area (Å²) in [6, 6.07) is 9.67. The van der Waals surface area contributed by atoms with E-state index in [0.29, 0.717) is 6.42 Å². The standard InChI is InChI=1S/C14H19N3O/c1-3-9-17-13(15-11-16-17)10-14(2,18)12-7-5-4-6-8-12/h4-8,11,18H,3,9-10H2,1-2H3. The van der Waals surface area contributed by atoms with E-state index in [-0.39, 0.29) is 0 Å². The van der Waals surface area contributed by atoms with E-state index in [1.54, 1.807) is 6.33 Å². The maximum absolute atomic E-state index is 10.6. The quantitative estimate of drug-likeness (QED) is 0.878. The van der Waals surface area contributed by atoms with Crippen molar-refractivity contribution < 1.29 is 5.11 Å². The fourth-order valence-electron chi connectivity index (χ4n) is 2.03. The molecule has 1 unspecified atom stereocenters. The van der Waals surface area contributed by atoms with E-state index in [4.69, 9.17) is 0 Å². The highest BCUT2D eigenvalue weighted by molar-refractivity contribution is 5.22. The zero-order chi connectivity index (χ0) is 13.0. The molecular formula is C14H19N3O. The van der Waals surface area contributed by atoms with Gasteiger partial charge in [0.15, 0.2) is 0 Å². The van der Waals surface area contributed by atoms with Gasteiger partial charge in [0.05, 0.1) is 5.60 Å². The molecule has 4 heteroatoms. The topological polar surface area (TPSA) is 50.9 Å². The maximum atomic E-state index is 10.6. The van der Waals surface area contributed by atoms with Gasteiger partial charge in [-0.15, -0.1) is 0 Å². The van der Waals surface area contributed by atoms with Gasteiger partial charge in [0, 0.05) is 13.0 Å². The lowest BCUT2D eigenvalue weighted by atomic mass is 9.92. The predicted octanol–water partition coefficient (Wildman–Crippen LogP) is 2.14. The minimum atomic E-state index is -0.917. The van der Waals surface area contributed by atoms with Gasteiger partial charge in [-0.3, -0.25) is 0 Å². The average Bonchev–Trinajstić information content (AvgIpc) is 2.78. The Morgan fingerprint density at radius 1 is 1.28 bits per heavy atom. The summed E-state index contributed by atoms with van der Waals surface area (Å²) in [5.41, 5.74) is -0.0178. The van der Waals surface area contributed by atoms with Gasteiger partial charge in [0.25, 0.3) is 0 Å². The number of benzene rings is 1. The number of aryl methyl sites for hydroxylation is 1. The summed E-state index contributed by atoms with van der Waals surface area (Å²) in [7, 11) is 0. The molecule has 1 atom stereocenters. The Hall–Kier alpha value is -1.68. The molecule has 0 spiro atoms. The number of hydrogen-bond acceptors (Lipinski definition) is 3. The summed E-state index contributed by atoms with van der Waals surface area (Å²) in [6.07, 6.45) is 3.02. The molecule has 96 valence electrons. The Morgan fingerprint density at radius 2 is 2.00 bits per heavy atom. The third kappa shape index (κ3) is 2.76. The normalized spacial score (nSPS) is 14.4. The summed E-state index contributed by atoms with van der Waals surface area (Å²) in [5.74, 6) is 0.825. The van der Waals surface area contributed by atoms with E-state index in [0.717, 1.165) is 24.4 Å². The van der Waals surface area contributed by atoms with E-state index in [2.05, 4.69) is 17.0 Å². The first kappa shape index (κ1) is 12.8. The van der Waals surface area contributed by atoms with Crippen molar-refractivity contribution in [1.29, 1.82) is 0 Å². The molecule has 0 aliphatic heterocycles. The fraction of sp³-hybridized carbons (Fsp3) is 0.429. The molecule has 0 aliphatic carbocycles. The van der Waals surface area contributed by atoms with Gasteiger partial charge in [-0.05, 0) is 18.9 Å². The molecule has 0 aliphatic rings. The molecule has 0 amide bonds. The van der Waals surface area contributed by atoms with E-state index < -0.39 is 5.60 Å². The largest absolute Gasteiger partial charge is 0.385 e. The van der Waals surface area contributed by atoms with Crippen molar-refractivity contribution in [1.82, 2.24) is 14.8 Å². The predicted molar refractivity (Wildman–Crippen MR) is 70.0 cm³/mol. The minimum Gasteiger partial charge on any atom is -0.385 e. The van der Waals surface area contributed by atoms with E-state index in [1.807, 2.05) is 41.9 Å². The first-order valence-electron chi connectivity index (χ1n) is 6.28. The molecule has 2 aromatic rings. The van der Waals surface area contributed by atoms with Crippen LogP contribution in [0, 0.1) is 0 Å². The molecule has 4 nitrogen and oxygen atoms in total. The Labute approximate surface area is 107 Å². The third-order valence-electron chi connectivity index (χ3n) is 3.03. The number of aromatic nitrogens is 3. The Morgan fingerprint density at radius 3 is 2.67 bits per heavy atom. The molecule has 1 aromatic carbocycles. The second kappa shape index (κ2) is 5.31. The number of rotatable bonds is 5. The molecular weight excluding hydrogens is 226 g/mol. The summed E-state index contributed by atoms with van der Waals surface area (Å²) in [5, 5.41) is 14.7. The van der Waals surface area contributed by atoms with E-state index >= 15 is 0 Å². The van der Waals surface area contributed by atoms with Crippen molar-refractivity contribution in [3.8, 4) is 0 Å². The van der Waals surface area contributed by atoms with E-state index in [9.17, 15) is 5.11 Å². The van der Waals surface area contributed by atoms with Crippen LogP contribution < -0.4 is 0 Å². The zero-order valence-corrected chi connectivity index (χ0v) is 10.9. The number of nitrogens with zero attached hydrogens (tertiary/aromatic N) is 3. The molecule has 1 aromatic heterocycles. The van der Waals surface area contributed by atoms with Gasteiger partial charge in [-0.25, -0.2) is 9.67 Å². The highest BCUT2D eigenvalue weighted by Crippen LogP contribution is 2.24. The van der Waals surface area contributed by atoms with Crippen molar-refractivity contribution >= 4 is 0 Å². The van der Waals surface area contributed by atoms with Gasteiger partial charge in [-0.1, -0.05) is 37.3 Å². The van der Waals surface area contributed by atoms with E-state index in [1.165, 1.54) is 0 Å². The molecule has 0 bridgehead atoms. The first-order chi connectivity index (χ1) is 8.63. The second-order valence-corrected chi connectivity index (χ2v) is 4.72. The average molecular weight is 245 g/mol. The van der Waals surface area contributed by atoms with Crippen LogP contribution in [0.2, 0.25) is 0 Å². The molecule has 18 heavy (non-hydrogen) atoms. The second-order valence-electron chi connectivity index (χ2n) is 4.72. The number of hydrogen-bond donors (Lipinski definition) is 1. The van der Waals surface area contributed by atoms with Crippen LogP contribution in [0.5, 0.6) is 0 Å². The van der Waals surface area contributed by atoms with Crippen LogP contribution >= 0.6 is 0 Å². The van der Waals surface area contributed by atoms with Crippen molar-refractivity contribution in [2.45, 2.75) is 38.8 Å². The highest BCUT2D eigenvalue weighted by atomic mass is 16.3. The van der Waals surface area contributed by atoms with Crippen LogP contribution in [0.15, 0.2) is 36.7 Å². The van der Waals surface area contributed by atoms with Crippen LogP contribution in [-0.2, 0) is 18.6 Å². The van der Waals surface area contributed by atoms with Crippen LogP contribution in [0.4, 0.5) is 0 Å². The smallest absolute Gasteiger partial charge is 0.138 e. The number of aliphatic hydroxyl groups is 1. The molecule has 0 radical (unpaired) electrons. The van der Waals surface area contributed by atoms with Gasteiger partial charge >= 0.3 is 0 Å². The monoisotopic (exact) mass is 245 g/mol. The highest BCUT2D eigenvalue weighted by Gasteiger charge is 2.25. The first-order valence-corrected chi connectivity index (χ1v) is 6.28. The van der Waals surface area contributed by atoms with Crippen LogP contribution in [0.25, 0.3) is 0 Å². The van der Waals surface area contributed by atoms with Gasteiger partial charge in [0.2, 0.25) is 0 Å². The van der Waals surface area contributed by atoms with Crippen LogP contribution in [0.3, 0.4) is 0 Å². The van der Waals surface area contributed by atoms with Crippen molar-refractivity contribution in [2.75, 3.05) is 0 Å². The molecule has 0 saturated carbocycles.